The highest BCUT2D eigenvalue weighted by atomic mass is 16.5. The molecule has 2 heteroatoms. The summed E-state index contributed by atoms with van der Waals surface area (Å²) in [7, 11) is 4.02. The van der Waals surface area contributed by atoms with Crippen LogP contribution in [0.5, 0.6) is 0 Å². The van der Waals surface area contributed by atoms with Crippen molar-refractivity contribution in [3.63, 3.8) is 0 Å². The Morgan fingerprint density at radius 1 is 1.44 bits per heavy atom. The summed E-state index contributed by atoms with van der Waals surface area (Å²) in [6.07, 6.45) is 3.12. The second-order valence-electron chi connectivity index (χ2n) is 3.09. The van der Waals surface area contributed by atoms with Crippen molar-refractivity contribution in [2.24, 2.45) is 0 Å². The van der Waals surface area contributed by atoms with Crippen molar-refractivity contribution < 1.29 is 9.64 Å². The first-order valence-electron chi connectivity index (χ1n) is 3.65. The first kappa shape index (κ1) is 5.69. The Balaban J connectivity index is 2.06. The average Bonchev–Trinajstić information content (AvgIpc) is 1.90. The smallest absolute Gasteiger partial charge is 0.105 e. The first-order valence-corrected chi connectivity index (χ1v) is 3.65. The van der Waals surface area contributed by atoms with Crippen LogP contribution in [-0.2, 0) is 4.74 Å². The first-order chi connectivity index (χ1) is 4.36. The van der Waals surface area contributed by atoms with Gasteiger partial charge in [-0.05, 0) is 6.42 Å². The third-order valence-electron chi connectivity index (χ3n) is 2.44. The molecule has 0 spiro atoms. The Hall–Kier alpha value is -0.0800. The molecule has 3 heterocycles. The quantitative estimate of drug-likeness (QED) is 0.422. The van der Waals surface area contributed by atoms with E-state index >= 15 is 0 Å². The number of piperidine rings is 1. The van der Waals surface area contributed by atoms with Crippen LogP contribution in [-0.4, -0.2) is 25.3 Å². The van der Waals surface area contributed by atoms with E-state index < -0.39 is 0 Å². The van der Waals surface area contributed by atoms with E-state index in [9.17, 15) is 0 Å². The van der Waals surface area contributed by atoms with E-state index in [0.29, 0.717) is 12.1 Å². The summed E-state index contributed by atoms with van der Waals surface area (Å²) in [6.45, 7) is 2.08. The molecule has 3 atom stereocenters. The molecular formula is C7H13NO. The van der Waals surface area contributed by atoms with Crippen LogP contribution in [0, 0.1) is 7.05 Å². The lowest BCUT2D eigenvalue weighted by Crippen LogP contribution is -3.15. The molecule has 3 aliphatic rings. The number of nitrogens with one attached hydrogen (secondary N) is 1. The van der Waals surface area contributed by atoms with Crippen molar-refractivity contribution >= 4 is 0 Å². The molecule has 2 nitrogen and oxygen atoms in total. The number of fused-ring (bicyclic) bond motifs is 3. The van der Waals surface area contributed by atoms with Gasteiger partial charge >= 0.3 is 0 Å². The summed E-state index contributed by atoms with van der Waals surface area (Å²) in [4.78, 5) is 1.43. The van der Waals surface area contributed by atoms with Gasteiger partial charge in [0.2, 0.25) is 0 Å². The molecule has 0 aromatic rings. The van der Waals surface area contributed by atoms with Gasteiger partial charge in [-0.25, -0.2) is 0 Å². The molecule has 3 saturated heterocycles. The van der Waals surface area contributed by atoms with Gasteiger partial charge < -0.3 is 9.64 Å². The predicted octanol–water partition coefficient (Wildman–Crippen LogP) is -0.776. The van der Waals surface area contributed by atoms with Crippen LogP contribution in [0.15, 0.2) is 0 Å². The van der Waals surface area contributed by atoms with Crippen LogP contribution in [0.1, 0.15) is 12.8 Å². The number of hydrogen-bond acceptors (Lipinski definition) is 1. The fourth-order valence-corrected chi connectivity index (χ4v) is 1.75. The van der Waals surface area contributed by atoms with Crippen LogP contribution in [0.25, 0.3) is 0 Å². The van der Waals surface area contributed by atoms with Crippen LogP contribution in [0.4, 0.5) is 0 Å². The normalized spacial score (nSPS) is 49.7. The Morgan fingerprint density at radius 3 is 2.56 bits per heavy atom. The standard InChI is InChI=1S/C7H13NO/c1-8-4-7-3-2-6(8)5-9-7/h6-8H,1-5H2/t6-,7-/m0/s1. The van der Waals surface area contributed by atoms with Crippen LogP contribution < -0.4 is 4.90 Å². The lowest BCUT2D eigenvalue weighted by atomic mass is 9.98. The number of ether oxygens (including phenoxy) is 1. The van der Waals surface area contributed by atoms with E-state index in [4.69, 9.17) is 4.74 Å². The molecule has 0 amide bonds. The Kier molecular flexibility index (Phi) is 1.24. The van der Waals surface area contributed by atoms with Crippen LogP contribution in [0.3, 0.4) is 0 Å². The van der Waals surface area contributed by atoms with Gasteiger partial charge in [0.15, 0.2) is 0 Å². The average molecular weight is 127 g/mol. The van der Waals surface area contributed by atoms with Crippen molar-refractivity contribution in [2.75, 3.05) is 13.2 Å². The number of hydrogen-bond donors (Lipinski definition) is 1. The van der Waals surface area contributed by atoms with Crippen molar-refractivity contribution in [3.8, 4) is 0 Å². The zero-order valence-electron chi connectivity index (χ0n) is 5.60. The highest BCUT2D eigenvalue weighted by molar-refractivity contribution is 4.74. The molecule has 1 N–H and O–H groups in total. The van der Waals surface area contributed by atoms with E-state index in [1.165, 1.54) is 17.7 Å². The minimum Gasteiger partial charge on any atom is -0.461 e. The maximum Gasteiger partial charge on any atom is 0.105 e. The third-order valence-corrected chi connectivity index (χ3v) is 2.44. The van der Waals surface area contributed by atoms with Crippen molar-refractivity contribution in [1.82, 2.24) is 0 Å². The van der Waals surface area contributed by atoms with Crippen LogP contribution in [0.2, 0.25) is 0 Å². The molecule has 3 aliphatic heterocycles. The SMILES string of the molecule is [CH2-][NH+]1C[C@@H]2CC[C@H]1CO2. The van der Waals surface area contributed by atoms with Gasteiger partial charge in [0.1, 0.15) is 6.10 Å². The molecule has 0 saturated carbocycles. The second kappa shape index (κ2) is 1.96. The molecule has 1 unspecified atom stereocenters. The minimum absolute atomic E-state index is 0.530. The van der Waals surface area contributed by atoms with E-state index in [-0.39, 0.29) is 0 Å². The van der Waals surface area contributed by atoms with Crippen molar-refractivity contribution in [3.05, 3.63) is 7.05 Å². The van der Waals surface area contributed by atoms with E-state index in [1.807, 2.05) is 0 Å². The molecule has 2 bridgehead atoms. The van der Waals surface area contributed by atoms with Gasteiger partial charge in [-0.1, -0.05) is 0 Å². The summed E-state index contributed by atoms with van der Waals surface area (Å²) in [6, 6.07) is 0.704. The van der Waals surface area contributed by atoms with Gasteiger partial charge in [-0.15, -0.1) is 0 Å². The van der Waals surface area contributed by atoms with Crippen molar-refractivity contribution in [1.29, 1.82) is 0 Å². The number of morpholine rings is 1. The highest BCUT2D eigenvalue weighted by Gasteiger charge is 2.32. The van der Waals surface area contributed by atoms with Crippen molar-refractivity contribution in [2.45, 2.75) is 25.0 Å². The lowest BCUT2D eigenvalue weighted by molar-refractivity contribution is -0.901. The highest BCUT2D eigenvalue weighted by Crippen LogP contribution is 2.14. The molecule has 0 aromatic carbocycles. The largest absolute Gasteiger partial charge is 0.461 e. The lowest BCUT2D eigenvalue weighted by Gasteiger charge is -2.44. The minimum atomic E-state index is 0.530. The molecule has 3 rings (SSSR count). The van der Waals surface area contributed by atoms with Gasteiger partial charge in [-0.2, -0.15) is 7.05 Å². The fraction of sp³-hybridized carbons (Fsp3) is 0.857. The molecule has 0 aromatic heterocycles. The topological polar surface area (TPSA) is 13.7 Å². The number of quaternary nitrogens is 1. The summed E-state index contributed by atoms with van der Waals surface area (Å²) in [5.41, 5.74) is 0. The van der Waals surface area contributed by atoms with E-state index in [1.54, 1.807) is 0 Å². The maximum absolute atomic E-state index is 5.49. The Labute approximate surface area is 55.8 Å². The van der Waals surface area contributed by atoms with Gasteiger partial charge in [0, 0.05) is 6.42 Å². The second-order valence-corrected chi connectivity index (χ2v) is 3.09. The van der Waals surface area contributed by atoms with Crippen LogP contribution >= 0.6 is 0 Å². The molecule has 0 aliphatic carbocycles. The summed E-state index contributed by atoms with van der Waals surface area (Å²) in [5, 5.41) is 0. The van der Waals surface area contributed by atoms with E-state index in [2.05, 4.69) is 7.05 Å². The zero-order chi connectivity index (χ0) is 6.27. The van der Waals surface area contributed by atoms with Gasteiger partial charge in [-0.3, -0.25) is 0 Å². The maximum atomic E-state index is 5.49. The molecule has 9 heavy (non-hydrogen) atoms. The Bertz CT molecular complexity index is 107. The zero-order valence-corrected chi connectivity index (χ0v) is 5.60. The molecule has 3 fully saturated rings. The molecule has 52 valence electrons. The van der Waals surface area contributed by atoms with Gasteiger partial charge in [0.25, 0.3) is 0 Å². The monoisotopic (exact) mass is 127 g/mol. The summed E-state index contributed by atoms with van der Waals surface area (Å²) >= 11 is 0. The summed E-state index contributed by atoms with van der Waals surface area (Å²) in [5.74, 6) is 0. The predicted molar refractivity (Wildman–Crippen MR) is 33.9 cm³/mol. The fourth-order valence-electron chi connectivity index (χ4n) is 1.75. The van der Waals surface area contributed by atoms with Gasteiger partial charge in [0.05, 0.1) is 19.2 Å². The summed E-state index contributed by atoms with van der Waals surface area (Å²) < 4.78 is 5.49. The van der Waals surface area contributed by atoms with E-state index in [0.717, 1.165) is 13.2 Å². The molecular weight excluding hydrogens is 114 g/mol. The number of rotatable bonds is 0. The third kappa shape index (κ3) is 0.864. The Morgan fingerprint density at radius 2 is 2.33 bits per heavy atom. The molecule has 0 radical (unpaired) electrons.